The zero-order chi connectivity index (χ0) is 9.10. The molecular formula is C9H15N3O. The minimum absolute atomic E-state index is 0.162. The largest absolute Gasteiger partial charge is 0.371 e. The number of aromatic nitrogens is 2. The van der Waals surface area contributed by atoms with Crippen molar-refractivity contribution in [3.63, 3.8) is 0 Å². The second-order valence-electron chi connectivity index (χ2n) is 3.30. The predicted molar refractivity (Wildman–Crippen MR) is 49.4 cm³/mol. The summed E-state index contributed by atoms with van der Waals surface area (Å²) in [5.74, 6) is 0. The van der Waals surface area contributed by atoms with Gasteiger partial charge in [0.25, 0.3) is 0 Å². The lowest BCUT2D eigenvalue weighted by molar-refractivity contribution is 0.0612. The number of aryl methyl sites for hydroxylation is 1. The highest BCUT2D eigenvalue weighted by molar-refractivity contribution is 5.05. The maximum atomic E-state index is 5.70. The molecule has 13 heavy (non-hydrogen) atoms. The summed E-state index contributed by atoms with van der Waals surface area (Å²) in [6, 6.07) is 2.01. The molecule has 0 radical (unpaired) electrons. The van der Waals surface area contributed by atoms with Crippen LogP contribution in [0.4, 0.5) is 0 Å². The standard InChI is InChI=1S/C9H15N3O/c1-12-8(3-5-11-12)9-7-10-4-2-6-13-9/h3,5,9-10H,2,4,6-7H2,1H3. The van der Waals surface area contributed by atoms with Gasteiger partial charge in [-0.05, 0) is 19.0 Å². The van der Waals surface area contributed by atoms with Gasteiger partial charge < -0.3 is 10.1 Å². The van der Waals surface area contributed by atoms with Gasteiger partial charge in [-0.1, -0.05) is 0 Å². The first kappa shape index (κ1) is 8.72. The SMILES string of the molecule is Cn1nccc1C1CNCCCO1. The molecule has 4 heteroatoms. The molecule has 0 bridgehead atoms. The lowest BCUT2D eigenvalue weighted by Gasteiger charge is -2.14. The summed E-state index contributed by atoms with van der Waals surface area (Å²) in [5.41, 5.74) is 1.15. The average Bonchev–Trinajstić information content (AvgIpc) is 2.43. The second kappa shape index (κ2) is 3.89. The Morgan fingerprint density at radius 2 is 2.62 bits per heavy atom. The molecule has 1 saturated heterocycles. The van der Waals surface area contributed by atoms with Gasteiger partial charge in [0.2, 0.25) is 0 Å². The molecule has 0 saturated carbocycles. The van der Waals surface area contributed by atoms with Gasteiger partial charge in [0.15, 0.2) is 0 Å². The second-order valence-corrected chi connectivity index (χ2v) is 3.30. The molecule has 0 spiro atoms. The number of nitrogens with one attached hydrogen (secondary N) is 1. The summed E-state index contributed by atoms with van der Waals surface area (Å²) < 4.78 is 7.58. The molecule has 1 aliphatic rings. The fourth-order valence-electron chi connectivity index (χ4n) is 1.60. The van der Waals surface area contributed by atoms with E-state index >= 15 is 0 Å². The van der Waals surface area contributed by atoms with Gasteiger partial charge >= 0.3 is 0 Å². The number of hydrogen-bond acceptors (Lipinski definition) is 3. The summed E-state index contributed by atoms with van der Waals surface area (Å²) in [6.45, 7) is 2.77. The average molecular weight is 181 g/mol. The Kier molecular flexibility index (Phi) is 2.61. The zero-order valence-corrected chi connectivity index (χ0v) is 7.86. The topological polar surface area (TPSA) is 39.1 Å². The minimum Gasteiger partial charge on any atom is -0.371 e. The minimum atomic E-state index is 0.162. The molecule has 0 aromatic carbocycles. The first-order valence-electron chi connectivity index (χ1n) is 4.68. The first-order chi connectivity index (χ1) is 6.38. The van der Waals surface area contributed by atoms with Crippen LogP contribution in [0.3, 0.4) is 0 Å². The molecule has 2 rings (SSSR count). The number of nitrogens with zero attached hydrogens (tertiary/aromatic N) is 2. The molecule has 1 aliphatic heterocycles. The van der Waals surface area contributed by atoms with E-state index in [9.17, 15) is 0 Å². The molecule has 0 aliphatic carbocycles. The molecule has 1 aromatic rings. The van der Waals surface area contributed by atoms with Crippen LogP contribution in [0, 0.1) is 0 Å². The van der Waals surface area contributed by atoms with Crippen molar-refractivity contribution in [2.75, 3.05) is 19.7 Å². The van der Waals surface area contributed by atoms with Crippen molar-refractivity contribution in [2.24, 2.45) is 7.05 Å². The Morgan fingerprint density at radius 1 is 1.69 bits per heavy atom. The highest BCUT2D eigenvalue weighted by Gasteiger charge is 2.16. The normalized spacial score (nSPS) is 24.2. The number of hydrogen-bond donors (Lipinski definition) is 1. The Bertz CT molecular complexity index is 264. The van der Waals surface area contributed by atoms with E-state index in [2.05, 4.69) is 10.4 Å². The third-order valence-electron chi connectivity index (χ3n) is 2.34. The predicted octanol–water partition coefficient (Wildman–Crippen LogP) is 0.471. The van der Waals surface area contributed by atoms with Crippen LogP contribution in [-0.4, -0.2) is 29.5 Å². The van der Waals surface area contributed by atoms with Gasteiger partial charge in [-0.3, -0.25) is 4.68 Å². The third-order valence-corrected chi connectivity index (χ3v) is 2.34. The van der Waals surface area contributed by atoms with Crippen molar-refractivity contribution in [3.8, 4) is 0 Å². The molecule has 1 unspecified atom stereocenters. The van der Waals surface area contributed by atoms with Crippen molar-refractivity contribution >= 4 is 0 Å². The molecule has 1 fully saturated rings. The Balaban J connectivity index is 2.10. The van der Waals surface area contributed by atoms with Crippen LogP contribution in [0.2, 0.25) is 0 Å². The Morgan fingerprint density at radius 3 is 3.38 bits per heavy atom. The van der Waals surface area contributed by atoms with Gasteiger partial charge in [-0.15, -0.1) is 0 Å². The molecule has 0 amide bonds. The van der Waals surface area contributed by atoms with Crippen LogP contribution < -0.4 is 5.32 Å². The van der Waals surface area contributed by atoms with Crippen LogP contribution in [0.1, 0.15) is 18.2 Å². The monoisotopic (exact) mass is 181 g/mol. The van der Waals surface area contributed by atoms with E-state index in [0.29, 0.717) is 0 Å². The van der Waals surface area contributed by atoms with E-state index in [0.717, 1.165) is 31.8 Å². The van der Waals surface area contributed by atoms with Gasteiger partial charge in [0.1, 0.15) is 6.10 Å². The maximum absolute atomic E-state index is 5.70. The van der Waals surface area contributed by atoms with Crippen molar-refractivity contribution < 1.29 is 4.74 Å². The summed E-state index contributed by atoms with van der Waals surface area (Å²) in [6.07, 6.45) is 3.06. The smallest absolute Gasteiger partial charge is 0.111 e. The lowest BCUT2D eigenvalue weighted by Crippen LogP contribution is -2.21. The van der Waals surface area contributed by atoms with Crippen molar-refractivity contribution in [2.45, 2.75) is 12.5 Å². The third kappa shape index (κ3) is 1.89. The summed E-state index contributed by atoms with van der Waals surface area (Å²) in [5, 5.41) is 7.48. The molecule has 72 valence electrons. The van der Waals surface area contributed by atoms with E-state index in [-0.39, 0.29) is 6.10 Å². The van der Waals surface area contributed by atoms with E-state index in [1.807, 2.05) is 24.0 Å². The maximum Gasteiger partial charge on any atom is 0.111 e. The van der Waals surface area contributed by atoms with Crippen molar-refractivity contribution in [3.05, 3.63) is 18.0 Å². The summed E-state index contributed by atoms with van der Waals surface area (Å²) in [4.78, 5) is 0. The van der Waals surface area contributed by atoms with Crippen LogP contribution in [0.5, 0.6) is 0 Å². The van der Waals surface area contributed by atoms with E-state index < -0.39 is 0 Å². The Hall–Kier alpha value is -0.870. The summed E-state index contributed by atoms with van der Waals surface area (Å²) in [7, 11) is 1.95. The van der Waals surface area contributed by atoms with Crippen LogP contribution >= 0.6 is 0 Å². The van der Waals surface area contributed by atoms with E-state index in [1.54, 1.807) is 0 Å². The fraction of sp³-hybridized carbons (Fsp3) is 0.667. The van der Waals surface area contributed by atoms with Crippen LogP contribution in [0.25, 0.3) is 0 Å². The van der Waals surface area contributed by atoms with Gasteiger partial charge in [-0.2, -0.15) is 5.10 Å². The van der Waals surface area contributed by atoms with Crippen molar-refractivity contribution in [1.82, 2.24) is 15.1 Å². The highest BCUT2D eigenvalue weighted by Crippen LogP contribution is 2.16. The van der Waals surface area contributed by atoms with Gasteiger partial charge in [-0.25, -0.2) is 0 Å². The first-order valence-corrected chi connectivity index (χ1v) is 4.68. The Labute approximate surface area is 77.9 Å². The quantitative estimate of drug-likeness (QED) is 0.684. The lowest BCUT2D eigenvalue weighted by atomic mass is 10.2. The number of rotatable bonds is 1. The van der Waals surface area contributed by atoms with Crippen LogP contribution in [0.15, 0.2) is 12.3 Å². The van der Waals surface area contributed by atoms with Crippen molar-refractivity contribution in [1.29, 1.82) is 0 Å². The zero-order valence-electron chi connectivity index (χ0n) is 7.86. The number of ether oxygens (including phenoxy) is 1. The van der Waals surface area contributed by atoms with Crippen LogP contribution in [-0.2, 0) is 11.8 Å². The van der Waals surface area contributed by atoms with E-state index in [1.165, 1.54) is 0 Å². The fourth-order valence-corrected chi connectivity index (χ4v) is 1.60. The molecule has 1 N–H and O–H groups in total. The molecule has 1 aromatic heterocycles. The molecular weight excluding hydrogens is 166 g/mol. The highest BCUT2D eigenvalue weighted by atomic mass is 16.5. The van der Waals surface area contributed by atoms with E-state index in [4.69, 9.17) is 4.74 Å². The van der Waals surface area contributed by atoms with Gasteiger partial charge in [0, 0.05) is 26.4 Å². The summed E-state index contributed by atoms with van der Waals surface area (Å²) >= 11 is 0. The molecule has 2 heterocycles. The molecule has 1 atom stereocenters. The van der Waals surface area contributed by atoms with Gasteiger partial charge in [0.05, 0.1) is 5.69 Å². The molecule has 4 nitrogen and oxygen atoms in total.